The molecule has 0 aliphatic rings. The molecule has 7 heteroatoms. The maximum absolute atomic E-state index is 12.0. The Hall–Kier alpha value is -2.67. The van der Waals surface area contributed by atoms with Crippen LogP contribution in [0.15, 0.2) is 36.4 Å². The van der Waals surface area contributed by atoms with Crippen molar-refractivity contribution < 1.29 is 33.7 Å². The van der Waals surface area contributed by atoms with Crippen LogP contribution < -0.4 is 4.74 Å². The summed E-state index contributed by atoms with van der Waals surface area (Å²) in [4.78, 5) is 35.2. The van der Waals surface area contributed by atoms with Crippen LogP contribution in [0.4, 0.5) is 0 Å². The lowest BCUT2D eigenvalue weighted by molar-refractivity contribution is -0.144. The second-order valence-electron chi connectivity index (χ2n) is 6.78. The molecule has 0 aliphatic heterocycles. The van der Waals surface area contributed by atoms with Gasteiger partial charge in [0, 0.05) is 5.57 Å². The number of benzene rings is 1. The fourth-order valence-corrected chi connectivity index (χ4v) is 1.65. The Kier molecular flexibility index (Phi) is 8.18. The van der Waals surface area contributed by atoms with Crippen molar-refractivity contribution in [2.75, 3.05) is 13.2 Å². The quantitative estimate of drug-likeness (QED) is 0.401. The van der Waals surface area contributed by atoms with E-state index in [1.165, 1.54) is 31.2 Å². The van der Waals surface area contributed by atoms with Crippen LogP contribution in [0.2, 0.25) is 0 Å². The molecule has 148 valence electrons. The molecule has 1 N–H and O–H groups in total. The number of aliphatic hydroxyl groups is 1. The first kappa shape index (κ1) is 22.4. The van der Waals surface area contributed by atoms with E-state index in [2.05, 4.69) is 6.58 Å². The van der Waals surface area contributed by atoms with Gasteiger partial charge in [-0.15, -0.1) is 0 Å². The van der Waals surface area contributed by atoms with Gasteiger partial charge in [-0.3, -0.25) is 4.79 Å². The first-order valence-corrected chi connectivity index (χ1v) is 8.57. The van der Waals surface area contributed by atoms with E-state index in [4.69, 9.17) is 14.2 Å². The van der Waals surface area contributed by atoms with Crippen LogP contribution >= 0.6 is 0 Å². The standard InChI is InChI=1S/C20H26O7/c1-6-20(4,5)19(24)27-16-9-7-14(8-10-16)18(23)26-12-15(21)11-25-17(22)13(2)3/h7-10,15,21H,2,6,11-12H2,1,3-5H3. The minimum atomic E-state index is -1.14. The van der Waals surface area contributed by atoms with E-state index in [0.29, 0.717) is 12.2 Å². The highest BCUT2D eigenvalue weighted by Crippen LogP contribution is 2.23. The molecule has 1 rings (SSSR count). The molecule has 1 aromatic rings. The summed E-state index contributed by atoms with van der Waals surface area (Å²) in [7, 11) is 0. The van der Waals surface area contributed by atoms with Gasteiger partial charge in [0.15, 0.2) is 0 Å². The topological polar surface area (TPSA) is 99.1 Å². The highest BCUT2D eigenvalue weighted by molar-refractivity contribution is 5.89. The third-order valence-electron chi connectivity index (χ3n) is 3.90. The number of ether oxygens (including phenoxy) is 3. The van der Waals surface area contributed by atoms with Crippen molar-refractivity contribution in [1.29, 1.82) is 0 Å². The number of hydrogen-bond donors (Lipinski definition) is 1. The van der Waals surface area contributed by atoms with Crippen molar-refractivity contribution in [1.82, 2.24) is 0 Å². The lowest BCUT2D eigenvalue weighted by Gasteiger charge is -2.20. The van der Waals surface area contributed by atoms with Crippen molar-refractivity contribution in [3.8, 4) is 5.75 Å². The second-order valence-corrected chi connectivity index (χ2v) is 6.78. The van der Waals surface area contributed by atoms with Gasteiger partial charge < -0.3 is 19.3 Å². The number of rotatable bonds is 9. The van der Waals surface area contributed by atoms with E-state index in [1.54, 1.807) is 13.8 Å². The molecule has 0 heterocycles. The molecule has 7 nitrogen and oxygen atoms in total. The zero-order valence-electron chi connectivity index (χ0n) is 16.1. The summed E-state index contributed by atoms with van der Waals surface area (Å²) >= 11 is 0. The molecule has 0 saturated carbocycles. The van der Waals surface area contributed by atoms with Gasteiger partial charge >= 0.3 is 17.9 Å². The van der Waals surface area contributed by atoms with Gasteiger partial charge in [0.2, 0.25) is 0 Å². The van der Waals surface area contributed by atoms with Gasteiger partial charge in [-0.05, 0) is 51.5 Å². The predicted octanol–water partition coefficient (Wildman–Crippen LogP) is 2.67. The van der Waals surface area contributed by atoms with Crippen LogP contribution in [0.3, 0.4) is 0 Å². The molecule has 0 aromatic heterocycles. The molecule has 1 atom stereocenters. The third kappa shape index (κ3) is 7.22. The monoisotopic (exact) mass is 378 g/mol. The summed E-state index contributed by atoms with van der Waals surface area (Å²) in [6.07, 6.45) is -0.506. The molecule has 0 amide bonds. The molecular formula is C20H26O7. The third-order valence-corrected chi connectivity index (χ3v) is 3.90. The number of esters is 3. The summed E-state index contributed by atoms with van der Waals surface area (Å²) in [6.45, 7) is 9.75. The van der Waals surface area contributed by atoms with E-state index in [-0.39, 0.29) is 30.3 Å². The Morgan fingerprint density at radius 1 is 1.11 bits per heavy atom. The average molecular weight is 378 g/mol. The van der Waals surface area contributed by atoms with Crippen LogP contribution in [-0.2, 0) is 19.1 Å². The van der Waals surface area contributed by atoms with E-state index in [0.717, 1.165) is 0 Å². The van der Waals surface area contributed by atoms with Crippen LogP contribution in [0.5, 0.6) is 5.75 Å². The largest absolute Gasteiger partial charge is 0.459 e. The molecule has 27 heavy (non-hydrogen) atoms. The Balaban J connectivity index is 2.51. The van der Waals surface area contributed by atoms with Gasteiger partial charge in [0.25, 0.3) is 0 Å². The minimum absolute atomic E-state index is 0.210. The van der Waals surface area contributed by atoms with Crippen LogP contribution in [-0.4, -0.2) is 42.3 Å². The van der Waals surface area contributed by atoms with Crippen molar-refractivity contribution in [2.24, 2.45) is 5.41 Å². The summed E-state index contributed by atoms with van der Waals surface area (Å²) in [5.41, 5.74) is -0.153. The zero-order valence-corrected chi connectivity index (χ0v) is 16.1. The predicted molar refractivity (Wildman–Crippen MR) is 98.2 cm³/mol. The number of carbonyl (C=O) groups is 3. The molecule has 0 fully saturated rings. The van der Waals surface area contributed by atoms with Crippen molar-refractivity contribution in [2.45, 2.75) is 40.2 Å². The van der Waals surface area contributed by atoms with Crippen LogP contribution in [0.25, 0.3) is 0 Å². The molecule has 0 spiro atoms. The van der Waals surface area contributed by atoms with Crippen molar-refractivity contribution in [3.63, 3.8) is 0 Å². The zero-order chi connectivity index (χ0) is 20.6. The fraction of sp³-hybridized carbons (Fsp3) is 0.450. The molecule has 0 radical (unpaired) electrons. The summed E-state index contributed by atoms with van der Waals surface area (Å²) in [5, 5.41) is 9.68. The van der Waals surface area contributed by atoms with Gasteiger partial charge in [-0.2, -0.15) is 0 Å². The number of aliphatic hydroxyl groups excluding tert-OH is 1. The van der Waals surface area contributed by atoms with E-state index in [9.17, 15) is 19.5 Å². The highest BCUT2D eigenvalue weighted by atomic mass is 16.6. The molecule has 0 saturated heterocycles. The van der Waals surface area contributed by atoms with Crippen LogP contribution in [0, 0.1) is 5.41 Å². The Morgan fingerprint density at radius 3 is 2.19 bits per heavy atom. The van der Waals surface area contributed by atoms with Crippen LogP contribution in [0.1, 0.15) is 44.5 Å². The van der Waals surface area contributed by atoms with Crippen molar-refractivity contribution >= 4 is 17.9 Å². The lowest BCUT2D eigenvalue weighted by Crippen LogP contribution is -2.28. The molecule has 0 bridgehead atoms. The normalized spacial score (nSPS) is 12.0. The van der Waals surface area contributed by atoms with E-state index in [1.807, 2.05) is 6.92 Å². The molecule has 1 aromatic carbocycles. The van der Waals surface area contributed by atoms with Crippen molar-refractivity contribution in [3.05, 3.63) is 42.0 Å². The Bertz CT molecular complexity index is 689. The number of carbonyl (C=O) groups excluding carboxylic acids is 3. The fourth-order valence-electron chi connectivity index (χ4n) is 1.65. The average Bonchev–Trinajstić information content (AvgIpc) is 2.64. The minimum Gasteiger partial charge on any atom is -0.459 e. The molecule has 1 unspecified atom stereocenters. The maximum atomic E-state index is 12.0. The second kappa shape index (κ2) is 9.87. The van der Waals surface area contributed by atoms with Gasteiger partial charge in [0.1, 0.15) is 25.1 Å². The van der Waals surface area contributed by atoms with E-state index < -0.39 is 23.5 Å². The van der Waals surface area contributed by atoms with Gasteiger partial charge in [0.05, 0.1) is 11.0 Å². The summed E-state index contributed by atoms with van der Waals surface area (Å²) < 4.78 is 15.0. The molecular weight excluding hydrogens is 352 g/mol. The Labute approximate surface area is 158 Å². The highest BCUT2D eigenvalue weighted by Gasteiger charge is 2.27. The number of hydrogen-bond acceptors (Lipinski definition) is 7. The molecule has 0 aliphatic carbocycles. The Morgan fingerprint density at radius 2 is 1.67 bits per heavy atom. The SMILES string of the molecule is C=C(C)C(=O)OCC(O)COC(=O)c1ccc(OC(=O)C(C)(C)CC)cc1. The summed E-state index contributed by atoms with van der Waals surface area (Å²) in [5.74, 6) is -1.32. The first-order chi connectivity index (χ1) is 12.6. The van der Waals surface area contributed by atoms with Gasteiger partial charge in [-0.1, -0.05) is 13.5 Å². The van der Waals surface area contributed by atoms with E-state index >= 15 is 0 Å². The lowest BCUT2D eigenvalue weighted by atomic mass is 9.91. The van der Waals surface area contributed by atoms with Gasteiger partial charge in [-0.25, -0.2) is 9.59 Å². The maximum Gasteiger partial charge on any atom is 0.338 e. The summed E-state index contributed by atoms with van der Waals surface area (Å²) in [6, 6.07) is 5.89. The first-order valence-electron chi connectivity index (χ1n) is 8.57. The smallest absolute Gasteiger partial charge is 0.338 e.